The van der Waals surface area contributed by atoms with Crippen molar-refractivity contribution in [2.24, 2.45) is 5.92 Å². The van der Waals surface area contributed by atoms with Gasteiger partial charge in [-0.05, 0) is 31.6 Å². The van der Waals surface area contributed by atoms with E-state index >= 15 is 0 Å². The van der Waals surface area contributed by atoms with Gasteiger partial charge in [0.2, 0.25) is 5.91 Å². The summed E-state index contributed by atoms with van der Waals surface area (Å²) in [6, 6.07) is 8.99. The number of ketones is 2. The monoisotopic (exact) mass is 287 g/mol. The van der Waals surface area contributed by atoms with E-state index in [-0.39, 0.29) is 35.4 Å². The third-order valence-electron chi connectivity index (χ3n) is 3.28. The Kier molecular flexibility index (Phi) is 6.53. The summed E-state index contributed by atoms with van der Waals surface area (Å²) in [5.74, 6) is -0.818. The number of carbonyl (C=O) groups excluding carboxylic acids is 3. The van der Waals surface area contributed by atoms with Gasteiger partial charge in [-0.15, -0.1) is 0 Å². The van der Waals surface area contributed by atoms with Gasteiger partial charge in [0.05, 0.1) is 6.42 Å². The second kappa shape index (κ2) is 8.15. The molecule has 0 aromatic heterocycles. The SMILES string of the molecule is CCC(C)C(=O)/C=C(/CC(=O)Nc1ccccc1)C(C)=O. The van der Waals surface area contributed by atoms with E-state index in [1.807, 2.05) is 25.1 Å². The third kappa shape index (κ3) is 5.73. The molecular formula is C17H21NO3. The average Bonchev–Trinajstić information content (AvgIpc) is 2.46. The maximum absolute atomic E-state index is 11.9. The highest BCUT2D eigenvalue weighted by Gasteiger charge is 2.15. The largest absolute Gasteiger partial charge is 0.326 e. The van der Waals surface area contributed by atoms with Gasteiger partial charge in [0, 0.05) is 17.2 Å². The molecular weight excluding hydrogens is 266 g/mol. The van der Waals surface area contributed by atoms with E-state index in [1.165, 1.54) is 13.0 Å². The van der Waals surface area contributed by atoms with Crippen LogP contribution in [0.4, 0.5) is 5.69 Å². The molecule has 1 aromatic carbocycles. The van der Waals surface area contributed by atoms with Crippen LogP contribution in [-0.2, 0) is 14.4 Å². The van der Waals surface area contributed by atoms with E-state index in [2.05, 4.69) is 5.32 Å². The van der Waals surface area contributed by atoms with Gasteiger partial charge < -0.3 is 5.32 Å². The number of hydrogen-bond donors (Lipinski definition) is 1. The molecule has 1 atom stereocenters. The van der Waals surface area contributed by atoms with Crippen molar-refractivity contribution in [2.45, 2.75) is 33.6 Å². The number of amides is 1. The second-order valence-corrected chi connectivity index (χ2v) is 5.03. The number of Topliss-reactive ketones (excluding diaryl/α,β-unsaturated/α-hetero) is 1. The summed E-state index contributed by atoms with van der Waals surface area (Å²) in [4.78, 5) is 35.4. The predicted octanol–water partition coefficient (Wildman–Crippen LogP) is 3.15. The van der Waals surface area contributed by atoms with Gasteiger partial charge in [-0.2, -0.15) is 0 Å². The molecule has 0 aliphatic rings. The molecule has 4 heteroatoms. The number of carbonyl (C=O) groups is 3. The van der Waals surface area contributed by atoms with Crippen LogP contribution >= 0.6 is 0 Å². The highest BCUT2D eigenvalue weighted by molar-refractivity contribution is 6.07. The molecule has 1 rings (SSSR count). The number of hydrogen-bond acceptors (Lipinski definition) is 3. The van der Waals surface area contributed by atoms with Crippen LogP contribution in [0.1, 0.15) is 33.6 Å². The van der Waals surface area contributed by atoms with Gasteiger partial charge in [0.25, 0.3) is 0 Å². The molecule has 21 heavy (non-hydrogen) atoms. The molecule has 112 valence electrons. The molecule has 0 bridgehead atoms. The molecule has 4 nitrogen and oxygen atoms in total. The van der Waals surface area contributed by atoms with E-state index in [4.69, 9.17) is 0 Å². The van der Waals surface area contributed by atoms with Crippen LogP contribution in [0.3, 0.4) is 0 Å². The maximum Gasteiger partial charge on any atom is 0.228 e. The smallest absolute Gasteiger partial charge is 0.228 e. The Hall–Kier alpha value is -2.23. The molecule has 0 heterocycles. The minimum atomic E-state index is -0.306. The Morgan fingerprint density at radius 2 is 1.81 bits per heavy atom. The Balaban J connectivity index is 2.75. The van der Waals surface area contributed by atoms with Gasteiger partial charge in [-0.25, -0.2) is 0 Å². The highest BCUT2D eigenvalue weighted by atomic mass is 16.2. The van der Waals surface area contributed by atoms with Gasteiger partial charge in [0.1, 0.15) is 0 Å². The number of rotatable bonds is 7. The molecule has 0 saturated carbocycles. The zero-order chi connectivity index (χ0) is 15.8. The molecule has 0 saturated heterocycles. The zero-order valence-electron chi connectivity index (χ0n) is 12.7. The minimum Gasteiger partial charge on any atom is -0.326 e. The van der Waals surface area contributed by atoms with Crippen molar-refractivity contribution in [1.82, 2.24) is 0 Å². The summed E-state index contributed by atoms with van der Waals surface area (Å²) >= 11 is 0. The molecule has 0 fully saturated rings. The van der Waals surface area contributed by atoms with Gasteiger partial charge in [-0.3, -0.25) is 14.4 Å². The van der Waals surface area contributed by atoms with E-state index < -0.39 is 0 Å². The lowest BCUT2D eigenvalue weighted by molar-refractivity contribution is -0.119. The molecule has 0 radical (unpaired) electrons. The lowest BCUT2D eigenvalue weighted by Gasteiger charge is -2.08. The summed E-state index contributed by atoms with van der Waals surface area (Å²) in [6.07, 6.45) is 1.92. The Labute approximate surface area is 125 Å². The van der Waals surface area contributed by atoms with E-state index in [9.17, 15) is 14.4 Å². The van der Waals surface area contributed by atoms with Crippen molar-refractivity contribution in [3.05, 3.63) is 42.0 Å². The summed E-state index contributed by atoms with van der Waals surface area (Å²) in [6.45, 7) is 5.08. The molecule has 1 N–H and O–H groups in total. The summed E-state index contributed by atoms with van der Waals surface area (Å²) < 4.78 is 0. The van der Waals surface area contributed by atoms with Crippen LogP contribution in [0.5, 0.6) is 0 Å². The quantitative estimate of drug-likeness (QED) is 0.784. The summed E-state index contributed by atoms with van der Waals surface area (Å²) in [5, 5.41) is 2.70. The lowest BCUT2D eigenvalue weighted by atomic mass is 9.98. The topological polar surface area (TPSA) is 63.2 Å². The maximum atomic E-state index is 11.9. The molecule has 0 aliphatic heterocycles. The fraction of sp³-hybridized carbons (Fsp3) is 0.353. The first-order valence-electron chi connectivity index (χ1n) is 7.04. The Bertz CT molecular complexity index is 546. The van der Waals surface area contributed by atoms with Crippen LogP contribution in [0.15, 0.2) is 42.0 Å². The van der Waals surface area contributed by atoms with Crippen LogP contribution < -0.4 is 5.32 Å². The lowest BCUT2D eigenvalue weighted by Crippen LogP contribution is -2.16. The average molecular weight is 287 g/mol. The molecule has 0 spiro atoms. The van der Waals surface area contributed by atoms with Crippen LogP contribution in [-0.4, -0.2) is 17.5 Å². The van der Waals surface area contributed by atoms with Crippen LogP contribution in [0.25, 0.3) is 0 Å². The summed E-state index contributed by atoms with van der Waals surface area (Å²) in [7, 11) is 0. The Morgan fingerprint density at radius 3 is 2.33 bits per heavy atom. The first kappa shape index (κ1) is 16.8. The first-order valence-corrected chi connectivity index (χ1v) is 7.04. The van der Waals surface area contributed by atoms with Gasteiger partial charge in [0.15, 0.2) is 11.6 Å². The molecule has 1 amide bonds. The highest BCUT2D eigenvalue weighted by Crippen LogP contribution is 2.12. The van der Waals surface area contributed by atoms with E-state index in [0.717, 1.165) is 0 Å². The predicted molar refractivity (Wildman–Crippen MR) is 82.9 cm³/mol. The van der Waals surface area contributed by atoms with Crippen molar-refractivity contribution < 1.29 is 14.4 Å². The van der Waals surface area contributed by atoms with Crippen molar-refractivity contribution in [3.63, 3.8) is 0 Å². The molecule has 0 aliphatic carbocycles. The molecule has 1 aromatic rings. The number of nitrogens with one attached hydrogen (secondary N) is 1. The second-order valence-electron chi connectivity index (χ2n) is 5.03. The van der Waals surface area contributed by atoms with Crippen LogP contribution in [0.2, 0.25) is 0 Å². The third-order valence-corrected chi connectivity index (χ3v) is 3.28. The standard InChI is InChI=1S/C17H21NO3/c1-4-12(2)16(20)10-14(13(3)19)11-17(21)18-15-8-6-5-7-9-15/h5-10,12H,4,11H2,1-3H3,(H,18,21)/b14-10-. The minimum absolute atomic E-state index is 0.0909. The number of para-hydroxylation sites is 1. The summed E-state index contributed by atoms with van der Waals surface area (Å²) in [5.41, 5.74) is 0.910. The Morgan fingerprint density at radius 1 is 1.19 bits per heavy atom. The fourth-order valence-corrected chi connectivity index (χ4v) is 1.69. The number of allylic oxidation sites excluding steroid dienone is 1. The van der Waals surface area contributed by atoms with Gasteiger partial charge >= 0.3 is 0 Å². The fourth-order valence-electron chi connectivity index (χ4n) is 1.69. The first-order chi connectivity index (χ1) is 9.93. The van der Waals surface area contributed by atoms with Crippen molar-refractivity contribution in [1.29, 1.82) is 0 Å². The normalized spacial score (nSPS) is 12.6. The molecule has 1 unspecified atom stereocenters. The zero-order valence-corrected chi connectivity index (χ0v) is 12.7. The van der Waals surface area contributed by atoms with E-state index in [0.29, 0.717) is 12.1 Å². The van der Waals surface area contributed by atoms with Gasteiger partial charge in [-0.1, -0.05) is 32.0 Å². The van der Waals surface area contributed by atoms with Crippen molar-refractivity contribution in [3.8, 4) is 0 Å². The van der Waals surface area contributed by atoms with Crippen LogP contribution in [0, 0.1) is 5.92 Å². The number of anilines is 1. The van der Waals surface area contributed by atoms with E-state index in [1.54, 1.807) is 19.1 Å². The van der Waals surface area contributed by atoms with Crippen molar-refractivity contribution >= 4 is 23.2 Å². The number of benzene rings is 1. The van der Waals surface area contributed by atoms with Crippen molar-refractivity contribution in [2.75, 3.05) is 5.32 Å².